The Morgan fingerprint density at radius 2 is 1.53 bits per heavy atom. The predicted molar refractivity (Wildman–Crippen MR) is 69.0 cm³/mol. The lowest BCUT2D eigenvalue weighted by atomic mass is 10.0. The Labute approximate surface area is 110 Å². The number of ether oxygens (including phenoxy) is 2. The molecule has 0 aromatic heterocycles. The first kappa shape index (κ1) is 11.6. The van der Waals surface area contributed by atoms with Crippen LogP contribution in [-0.4, -0.2) is 24.1 Å². The molecule has 0 atom stereocenters. The highest BCUT2D eigenvalue weighted by molar-refractivity contribution is 6.09. The number of benzene rings is 2. The molecule has 96 valence electrons. The van der Waals surface area contributed by atoms with Gasteiger partial charge in [-0.1, -0.05) is 0 Å². The third-order valence-corrected chi connectivity index (χ3v) is 2.93. The van der Waals surface area contributed by atoms with Crippen LogP contribution in [0.15, 0.2) is 42.5 Å². The van der Waals surface area contributed by atoms with Crippen LogP contribution in [0.2, 0.25) is 0 Å². The molecule has 3 rings (SSSR count). The van der Waals surface area contributed by atoms with Gasteiger partial charge in [-0.3, -0.25) is 4.79 Å². The van der Waals surface area contributed by atoms with Crippen molar-refractivity contribution in [2.24, 2.45) is 0 Å². The molecule has 4 heteroatoms. The van der Waals surface area contributed by atoms with Crippen LogP contribution >= 0.6 is 0 Å². The minimum absolute atomic E-state index is 0.114. The molecule has 0 aliphatic carbocycles. The van der Waals surface area contributed by atoms with Crippen molar-refractivity contribution in [1.29, 1.82) is 0 Å². The maximum absolute atomic E-state index is 12.3. The molecule has 4 nitrogen and oxygen atoms in total. The van der Waals surface area contributed by atoms with Crippen LogP contribution in [0.25, 0.3) is 0 Å². The van der Waals surface area contributed by atoms with Crippen LogP contribution in [0, 0.1) is 0 Å². The Kier molecular flexibility index (Phi) is 2.83. The van der Waals surface area contributed by atoms with Crippen molar-refractivity contribution in [2.75, 3.05) is 13.2 Å². The summed E-state index contributed by atoms with van der Waals surface area (Å²) in [4.78, 5) is 12.3. The van der Waals surface area contributed by atoms with Crippen molar-refractivity contribution in [3.63, 3.8) is 0 Å². The van der Waals surface area contributed by atoms with Gasteiger partial charge in [0.25, 0.3) is 0 Å². The summed E-state index contributed by atoms with van der Waals surface area (Å²) < 4.78 is 10.9. The first-order chi connectivity index (χ1) is 9.24. The van der Waals surface area contributed by atoms with Crippen molar-refractivity contribution >= 4 is 5.78 Å². The Hall–Kier alpha value is -2.49. The van der Waals surface area contributed by atoms with E-state index in [1.165, 1.54) is 12.1 Å². The highest BCUT2D eigenvalue weighted by atomic mass is 16.6. The molecule has 2 aromatic carbocycles. The molecule has 1 N–H and O–H groups in total. The summed E-state index contributed by atoms with van der Waals surface area (Å²) in [5, 5.41) is 9.22. The summed E-state index contributed by atoms with van der Waals surface area (Å²) in [6, 6.07) is 11.3. The summed E-state index contributed by atoms with van der Waals surface area (Å²) in [6.45, 7) is 1.02. The van der Waals surface area contributed by atoms with Crippen LogP contribution in [0.3, 0.4) is 0 Å². The predicted octanol–water partition coefficient (Wildman–Crippen LogP) is 2.39. The number of aromatic hydroxyl groups is 1. The zero-order chi connectivity index (χ0) is 13.2. The molecule has 1 aliphatic heterocycles. The number of rotatable bonds is 2. The smallest absolute Gasteiger partial charge is 0.193 e. The lowest BCUT2D eigenvalue weighted by Crippen LogP contribution is -2.15. The largest absolute Gasteiger partial charge is 0.508 e. The fraction of sp³-hybridized carbons (Fsp3) is 0.133. The van der Waals surface area contributed by atoms with E-state index >= 15 is 0 Å². The second-order valence-corrected chi connectivity index (χ2v) is 4.23. The topological polar surface area (TPSA) is 55.8 Å². The standard InChI is InChI=1S/C15H12O4/c16-12-4-1-10(2-5-12)15(17)11-3-6-13-14(9-11)19-8-7-18-13/h1-6,9,16H,7-8H2. The van der Waals surface area contributed by atoms with E-state index in [0.717, 1.165) is 0 Å². The molecule has 0 unspecified atom stereocenters. The van der Waals surface area contributed by atoms with Gasteiger partial charge in [-0.15, -0.1) is 0 Å². The van der Waals surface area contributed by atoms with Crippen LogP contribution in [0.4, 0.5) is 0 Å². The molecule has 0 bridgehead atoms. The zero-order valence-corrected chi connectivity index (χ0v) is 10.1. The van der Waals surface area contributed by atoms with E-state index in [0.29, 0.717) is 35.8 Å². The minimum atomic E-state index is -0.114. The molecule has 2 aromatic rings. The SMILES string of the molecule is O=C(c1ccc(O)cc1)c1ccc2c(c1)OCCO2. The highest BCUT2D eigenvalue weighted by Crippen LogP contribution is 2.31. The van der Waals surface area contributed by atoms with E-state index in [2.05, 4.69) is 0 Å². The van der Waals surface area contributed by atoms with E-state index < -0.39 is 0 Å². The Balaban J connectivity index is 1.93. The van der Waals surface area contributed by atoms with Crippen molar-refractivity contribution in [3.05, 3.63) is 53.6 Å². The Morgan fingerprint density at radius 1 is 0.895 bits per heavy atom. The van der Waals surface area contributed by atoms with Crippen molar-refractivity contribution < 1.29 is 19.4 Å². The Morgan fingerprint density at radius 3 is 2.26 bits per heavy atom. The molecule has 1 aliphatic rings. The fourth-order valence-corrected chi connectivity index (χ4v) is 1.96. The van der Waals surface area contributed by atoms with Gasteiger partial charge in [-0.2, -0.15) is 0 Å². The number of carbonyl (C=O) groups is 1. The average molecular weight is 256 g/mol. The lowest BCUT2D eigenvalue weighted by molar-refractivity contribution is 0.103. The molecule has 1 heterocycles. The van der Waals surface area contributed by atoms with E-state index in [1.807, 2.05) is 0 Å². The third kappa shape index (κ3) is 2.25. The molecular weight excluding hydrogens is 244 g/mol. The monoisotopic (exact) mass is 256 g/mol. The summed E-state index contributed by atoms with van der Waals surface area (Å²) in [5.74, 6) is 1.28. The van der Waals surface area contributed by atoms with Crippen LogP contribution in [0.1, 0.15) is 15.9 Å². The van der Waals surface area contributed by atoms with Gasteiger partial charge in [-0.25, -0.2) is 0 Å². The first-order valence-corrected chi connectivity index (χ1v) is 5.97. The first-order valence-electron chi connectivity index (χ1n) is 5.97. The molecule has 0 spiro atoms. The maximum Gasteiger partial charge on any atom is 0.193 e. The van der Waals surface area contributed by atoms with Crippen LogP contribution < -0.4 is 9.47 Å². The van der Waals surface area contributed by atoms with Crippen LogP contribution in [-0.2, 0) is 0 Å². The number of phenolic OH excluding ortho intramolecular Hbond substituents is 1. The number of ketones is 1. The van der Waals surface area contributed by atoms with Crippen LogP contribution in [0.5, 0.6) is 17.2 Å². The quantitative estimate of drug-likeness (QED) is 0.838. The zero-order valence-electron chi connectivity index (χ0n) is 10.1. The number of fused-ring (bicyclic) bond motifs is 1. The number of hydrogen-bond acceptors (Lipinski definition) is 4. The molecule has 0 amide bonds. The van der Waals surface area contributed by atoms with Crippen molar-refractivity contribution in [1.82, 2.24) is 0 Å². The average Bonchev–Trinajstić information content (AvgIpc) is 2.47. The highest BCUT2D eigenvalue weighted by Gasteiger charge is 2.15. The molecule has 0 saturated heterocycles. The molecule has 0 fully saturated rings. The minimum Gasteiger partial charge on any atom is -0.508 e. The van der Waals surface area contributed by atoms with E-state index in [-0.39, 0.29) is 11.5 Å². The Bertz CT molecular complexity index is 617. The van der Waals surface area contributed by atoms with Gasteiger partial charge < -0.3 is 14.6 Å². The second-order valence-electron chi connectivity index (χ2n) is 4.23. The van der Waals surface area contributed by atoms with Gasteiger partial charge in [0.2, 0.25) is 0 Å². The maximum atomic E-state index is 12.3. The molecule has 0 radical (unpaired) electrons. The van der Waals surface area contributed by atoms with Crippen molar-refractivity contribution in [3.8, 4) is 17.2 Å². The van der Waals surface area contributed by atoms with E-state index in [4.69, 9.17) is 9.47 Å². The van der Waals surface area contributed by atoms with E-state index in [1.54, 1.807) is 30.3 Å². The van der Waals surface area contributed by atoms with Gasteiger partial charge in [0.05, 0.1) is 0 Å². The van der Waals surface area contributed by atoms with Gasteiger partial charge >= 0.3 is 0 Å². The normalized spacial score (nSPS) is 13.1. The number of hydrogen-bond donors (Lipinski definition) is 1. The number of phenols is 1. The van der Waals surface area contributed by atoms with Gasteiger partial charge in [0, 0.05) is 11.1 Å². The lowest BCUT2D eigenvalue weighted by Gasteiger charge is -2.18. The molecule has 0 saturated carbocycles. The fourth-order valence-electron chi connectivity index (χ4n) is 1.96. The summed E-state index contributed by atoms with van der Waals surface area (Å²) in [7, 11) is 0. The summed E-state index contributed by atoms with van der Waals surface area (Å²) in [5.41, 5.74) is 1.06. The van der Waals surface area contributed by atoms with E-state index in [9.17, 15) is 9.90 Å². The second kappa shape index (κ2) is 4.65. The van der Waals surface area contributed by atoms with Gasteiger partial charge in [0.15, 0.2) is 17.3 Å². The van der Waals surface area contributed by atoms with Crippen molar-refractivity contribution in [2.45, 2.75) is 0 Å². The molecule has 19 heavy (non-hydrogen) atoms. The summed E-state index contributed by atoms with van der Waals surface area (Å²) in [6.07, 6.45) is 0. The van der Waals surface area contributed by atoms with Gasteiger partial charge in [0.1, 0.15) is 19.0 Å². The third-order valence-electron chi connectivity index (χ3n) is 2.93. The van der Waals surface area contributed by atoms with Gasteiger partial charge in [-0.05, 0) is 42.5 Å². The molecular formula is C15H12O4. The summed E-state index contributed by atoms with van der Waals surface area (Å²) >= 11 is 0. The number of carbonyl (C=O) groups excluding carboxylic acids is 1.